The maximum absolute atomic E-state index is 3.65. The Hall–Kier alpha value is -0.0800. The van der Waals surface area contributed by atoms with Crippen LogP contribution in [0.3, 0.4) is 0 Å². The molecule has 18 heavy (non-hydrogen) atoms. The molecule has 1 fully saturated rings. The first-order valence-corrected chi connectivity index (χ1v) is 8.20. The van der Waals surface area contributed by atoms with Gasteiger partial charge in [0, 0.05) is 0 Å². The van der Waals surface area contributed by atoms with E-state index in [1.165, 1.54) is 64.5 Å². The molecule has 1 rings (SSSR count). The summed E-state index contributed by atoms with van der Waals surface area (Å²) in [6, 6.07) is 0. The first-order chi connectivity index (χ1) is 8.79. The van der Waals surface area contributed by atoms with Gasteiger partial charge in [-0.25, -0.2) is 0 Å². The number of hydrogen-bond acceptors (Lipinski definition) is 2. The lowest BCUT2D eigenvalue weighted by atomic mass is 9.91. The van der Waals surface area contributed by atoms with E-state index in [0.717, 1.165) is 24.9 Å². The predicted molar refractivity (Wildman–Crippen MR) is 81.0 cm³/mol. The van der Waals surface area contributed by atoms with Crippen molar-refractivity contribution in [3.05, 3.63) is 0 Å². The monoisotopic (exact) mass is 254 g/mol. The van der Waals surface area contributed by atoms with E-state index in [-0.39, 0.29) is 0 Å². The summed E-state index contributed by atoms with van der Waals surface area (Å²) in [6.07, 6.45) is 11.5. The molecule has 0 amide bonds. The molecule has 0 aromatic rings. The third-order valence-corrected chi connectivity index (χ3v) is 3.92. The molecule has 0 radical (unpaired) electrons. The fraction of sp³-hybridized carbons (Fsp3) is 1.00. The number of rotatable bonds is 8. The van der Waals surface area contributed by atoms with Gasteiger partial charge in [0.1, 0.15) is 0 Å². The topological polar surface area (TPSA) is 24.1 Å². The Labute approximate surface area is 114 Å². The molecule has 2 heteroatoms. The smallest absolute Gasteiger partial charge is 0.00205 e. The lowest BCUT2D eigenvalue weighted by Gasteiger charge is -2.20. The second-order valence-corrected chi connectivity index (χ2v) is 6.37. The van der Waals surface area contributed by atoms with Crippen molar-refractivity contribution >= 4 is 0 Å². The van der Waals surface area contributed by atoms with Gasteiger partial charge in [-0.05, 0) is 57.3 Å². The molecule has 0 unspecified atom stereocenters. The molecule has 2 N–H and O–H groups in total. The van der Waals surface area contributed by atoms with Gasteiger partial charge in [0.25, 0.3) is 0 Å². The summed E-state index contributed by atoms with van der Waals surface area (Å²) in [5.74, 6) is 1.72. The van der Waals surface area contributed by atoms with Crippen LogP contribution >= 0.6 is 0 Å². The van der Waals surface area contributed by atoms with Crippen LogP contribution in [0.15, 0.2) is 0 Å². The van der Waals surface area contributed by atoms with E-state index < -0.39 is 0 Å². The Bertz CT molecular complexity index is 172. The van der Waals surface area contributed by atoms with Crippen molar-refractivity contribution in [2.75, 3.05) is 26.2 Å². The van der Waals surface area contributed by atoms with Gasteiger partial charge in [-0.2, -0.15) is 0 Å². The van der Waals surface area contributed by atoms with Crippen LogP contribution in [0.4, 0.5) is 0 Å². The first-order valence-electron chi connectivity index (χ1n) is 8.20. The highest BCUT2D eigenvalue weighted by Gasteiger charge is 2.10. The van der Waals surface area contributed by atoms with Gasteiger partial charge in [-0.15, -0.1) is 0 Å². The Morgan fingerprint density at radius 1 is 0.889 bits per heavy atom. The lowest BCUT2D eigenvalue weighted by molar-refractivity contribution is 0.360. The zero-order valence-electron chi connectivity index (χ0n) is 12.6. The molecule has 0 heterocycles. The summed E-state index contributed by atoms with van der Waals surface area (Å²) >= 11 is 0. The van der Waals surface area contributed by atoms with Gasteiger partial charge < -0.3 is 10.6 Å². The minimum Gasteiger partial charge on any atom is -0.316 e. The minimum atomic E-state index is 0.771. The molecule has 108 valence electrons. The predicted octanol–water partition coefficient (Wildman–Crippen LogP) is 3.57. The van der Waals surface area contributed by atoms with Crippen molar-refractivity contribution in [2.24, 2.45) is 11.8 Å². The van der Waals surface area contributed by atoms with E-state index in [9.17, 15) is 0 Å². The van der Waals surface area contributed by atoms with Crippen LogP contribution < -0.4 is 10.6 Å². The average molecular weight is 254 g/mol. The largest absolute Gasteiger partial charge is 0.316 e. The summed E-state index contributed by atoms with van der Waals surface area (Å²) in [5.41, 5.74) is 0. The number of nitrogens with one attached hydrogen (secondary N) is 2. The maximum atomic E-state index is 3.65. The van der Waals surface area contributed by atoms with Crippen LogP contribution in [-0.2, 0) is 0 Å². The standard InChI is InChI=1S/C16H34N2/c1-15(2)13-17-11-8-12-18-14-16-9-6-4-3-5-7-10-16/h15-18H,3-14H2,1-2H3. The van der Waals surface area contributed by atoms with Crippen LogP contribution in [0.25, 0.3) is 0 Å². The first kappa shape index (κ1) is 16.0. The van der Waals surface area contributed by atoms with Crippen molar-refractivity contribution in [1.82, 2.24) is 10.6 Å². The van der Waals surface area contributed by atoms with Gasteiger partial charge in [0.05, 0.1) is 0 Å². The molecule has 2 nitrogen and oxygen atoms in total. The Kier molecular flexibility index (Phi) is 9.59. The molecule has 1 aliphatic carbocycles. The summed E-state index contributed by atoms with van der Waals surface area (Å²) in [6.45, 7) is 9.28. The van der Waals surface area contributed by atoms with Crippen LogP contribution in [0.5, 0.6) is 0 Å². The third kappa shape index (κ3) is 8.93. The van der Waals surface area contributed by atoms with E-state index in [1.807, 2.05) is 0 Å². The van der Waals surface area contributed by atoms with Gasteiger partial charge >= 0.3 is 0 Å². The fourth-order valence-electron chi connectivity index (χ4n) is 2.78. The Balaban J connectivity index is 1.89. The van der Waals surface area contributed by atoms with Gasteiger partial charge in [0.2, 0.25) is 0 Å². The highest BCUT2D eigenvalue weighted by atomic mass is 14.9. The summed E-state index contributed by atoms with van der Waals surface area (Å²) in [4.78, 5) is 0. The normalized spacial score (nSPS) is 18.8. The van der Waals surface area contributed by atoms with Crippen LogP contribution in [0.1, 0.15) is 65.2 Å². The second-order valence-electron chi connectivity index (χ2n) is 6.37. The van der Waals surface area contributed by atoms with Gasteiger partial charge in [0.15, 0.2) is 0 Å². The highest BCUT2D eigenvalue weighted by Crippen LogP contribution is 2.21. The van der Waals surface area contributed by atoms with E-state index in [0.29, 0.717) is 0 Å². The van der Waals surface area contributed by atoms with E-state index in [4.69, 9.17) is 0 Å². The molecule has 0 aromatic heterocycles. The van der Waals surface area contributed by atoms with E-state index in [2.05, 4.69) is 24.5 Å². The number of hydrogen-bond donors (Lipinski definition) is 2. The molecule has 0 aromatic carbocycles. The van der Waals surface area contributed by atoms with E-state index >= 15 is 0 Å². The van der Waals surface area contributed by atoms with Gasteiger partial charge in [-0.3, -0.25) is 0 Å². The fourth-order valence-corrected chi connectivity index (χ4v) is 2.78. The third-order valence-electron chi connectivity index (χ3n) is 3.92. The quantitative estimate of drug-likeness (QED) is 0.647. The Morgan fingerprint density at radius 2 is 1.50 bits per heavy atom. The summed E-state index contributed by atoms with van der Waals surface area (Å²) in [7, 11) is 0. The zero-order valence-corrected chi connectivity index (χ0v) is 12.6. The van der Waals surface area contributed by atoms with Crippen LogP contribution in [0, 0.1) is 11.8 Å². The molecule has 0 atom stereocenters. The van der Waals surface area contributed by atoms with Crippen molar-refractivity contribution in [2.45, 2.75) is 65.2 Å². The molecule has 0 bridgehead atoms. The Morgan fingerprint density at radius 3 is 2.17 bits per heavy atom. The van der Waals surface area contributed by atoms with Crippen LogP contribution in [0.2, 0.25) is 0 Å². The van der Waals surface area contributed by atoms with Crippen molar-refractivity contribution in [1.29, 1.82) is 0 Å². The van der Waals surface area contributed by atoms with Crippen molar-refractivity contribution in [3.63, 3.8) is 0 Å². The van der Waals surface area contributed by atoms with E-state index in [1.54, 1.807) is 0 Å². The minimum absolute atomic E-state index is 0.771. The van der Waals surface area contributed by atoms with Crippen molar-refractivity contribution < 1.29 is 0 Å². The molecular weight excluding hydrogens is 220 g/mol. The SMILES string of the molecule is CC(C)CNCCCNCC1CCCCCCC1. The van der Waals surface area contributed by atoms with Gasteiger partial charge in [-0.1, -0.05) is 46.0 Å². The average Bonchev–Trinajstić information content (AvgIpc) is 2.29. The summed E-state index contributed by atoms with van der Waals surface area (Å²) < 4.78 is 0. The highest BCUT2D eigenvalue weighted by molar-refractivity contribution is 4.66. The maximum Gasteiger partial charge on any atom is -0.00205 e. The van der Waals surface area contributed by atoms with Crippen LogP contribution in [-0.4, -0.2) is 26.2 Å². The summed E-state index contributed by atoms with van der Waals surface area (Å²) in [5, 5.41) is 7.15. The lowest BCUT2D eigenvalue weighted by Crippen LogP contribution is -2.28. The van der Waals surface area contributed by atoms with Crippen molar-refractivity contribution in [3.8, 4) is 0 Å². The molecule has 0 aliphatic heterocycles. The zero-order chi connectivity index (χ0) is 13.1. The molecule has 0 saturated heterocycles. The molecule has 1 saturated carbocycles. The molecule has 0 spiro atoms. The molecule has 1 aliphatic rings. The molecular formula is C16H34N2. The second kappa shape index (κ2) is 10.8.